The van der Waals surface area contributed by atoms with Crippen LogP contribution in [-0.4, -0.2) is 44.4 Å². The van der Waals surface area contributed by atoms with Gasteiger partial charge in [-0.2, -0.15) is 9.61 Å². The molecule has 0 radical (unpaired) electrons. The summed E-state index contributed by atoms with van der Waals surface area (Å²) in [6, 6.07) is 9.59. The number of rotatable bonds is 3. The van der Waals surface area contributed by atoms with Gasteiger partial charge in [0.25, 0.3) is 17.4 Å². The fourth-order valence-corrected chi connectivity index (χ4v) is 4.75. The van der Waals surface area contributed by atoms with Crippen LogP contribution in [0.1, 0.15) is 60.4 Å². The molecule has 6 nitrogen and oxygen atoms in total. The Labute approximate surface area is 177 Å². The first-order valence-corrected chi connectivity index (χ1v) is 10.8. The van der Waals surface area contributed by atoms with Gasteiger partial charge in [0, 0.05) is 19.0 Å². The Kier molecular flexibility index (Phi) is 4.87. The highest BCUT2D eigenvalue weighted by atomic mass is 19.3. The molecule has 3 heterocycles. The maximum absolute atomic E-state index is 13.6. The number of carbonyl (C=O) groups excluding carboxylic acids is 1. The predicted octanol–water partition coefficient (Wildman–Crippen LogP) is 4.22. The molecule has 1 aliphatic carbocycles. The number of alkyl halides is 2. The quantitative estimate of drug-likeness (QED) is 0.682. The second-order valence-electron chi connectivity index (χ2n) is 8.63. The predicted molar refractivity (Wildman–Crippen MR) is 113 cm³/mol. The summed E-state index contributed by atoms with van der Waals surface area (Å²) >= 11 is 0. The second-order valence-corrected chi connectivity index (χ2v) is 8.63. The average molecular weight is 426 g/mol. The number of benzene rings is 1. The smallest absolute Gasteiger partial charge is 0.274 e. The molecule has 3 aromatic rings. The van der Waals surface area contributed by atoms with E-state index >= 15 is 0 Å². The van der Waals surface area contributed by atoms with Crippen LogP contribution in [0.25, 0.3) is 16.9 Å². The molecule has 2 aromatic heterocycles. The summed E-state index contributed by atoms with van der Waals surface area (Å²) in [5, 5.41) is 4.00. The van der Waals surface area contributed by atoms with E-state index in [9.17, 15) is 18.4 Å². The third-order valence-electron chi connectivity index (χ3n) is 6.48. The minimum atomic E-state index is -2.88. The van der Waals surface area contributed by atoms with Crippen molar-refractivity contribution in [2.45, 2.75) is 50.4 Å². The van der Waals surface area contributed by atoms with Gasteiger partial charge in [0.1, 0.15) is 5.56 Å². The number of fused-ring (bicyclic) bond motifs is 1. The normalized spacial score (nSPS) is 19.2. The molecular formula is C23H24F2N4O2. The Balaban J connectivity index is 1.47. The third-order valence-corrected chi connectivity index (χ3v) is 6.48. The first-order valence-electron chi connectivity index (χ1n) is 10.8. The van der Waals surface area contributed by atoms with Crippen molar-refractivity contribution in [3.8, 4) is 11.3 Å². The number of likely N-dealkylation sites (tertiary alicyclic amines) is 1. The first kappa shape index (κ1) is 19.9. The number of carbonyl (C=O) groups is 1. The van der Waals surface area contributed by atoms with Crippen molar-refractivity contribution in [1.29, 1.82) is 0 Å². The van der Waals surface area contributed by atoms with Crippen LogP contribution in [0.15, 0.2) is 41.3 Å². The van der Waals surface area contributed by atoms with Crippen molar-refractivity contribution >= 4 is 11.6 Å². The van der Waals surface area contributed by atoms with Crippen LogP contribution in [0.2, 0.25) is 0 Å². The number of halogens is 2. The lowest BCUT2D eigenvalue weighted by Gasteiger charge is -2.22. The van der Waals surface area contributed by atoms with Crippen LogP contribution < -0.4 is 5.56 Å². The molecule has 2 fully saturated rings. The minimum Gasteiger partial charge on any atom is -0.339 e. The number of nitrogens with one attached hydrogen (secondary N) is 1. The highest BCUT2D eigenvalue weighted by Crippen LogP contribution is 2.33. The molecule has 1 amide bonds. The fourth-order valence-electron chi connectivity index (χ4n) is 4.75. The van der Waals surface area contributed by atoms with Gasteiger partial charge in [0.05, 0.1) is 18.4 Å². The van der Waals surface area contributed by atoms with Gasteiger partial charge in [-0.3, -0.25) is 9.59 Å². The summed E-state index contributed by atoms with van der Waals surface area (Å²) in [5.41, 5.74) is 2.66. The van der Waals surface area contributed by atoms with Gasteiger partial charge in [-0.15, -0.1) is 0 Å². The summed E-state index contributed by atoms with van der Waals surface area (Å²) in [7, 11) is 0. The van der Waals surface area contributed by atoms with Crippen LogP contribution in [0.5, 0.6) is 0 Å². The topological polar surface area (TPSA) is 70.5 Å². The zero-order chi connectivity index (χ0) is 21.6. The van der Waals surface area contributed by atoms with E-state index in [2.05, 4.69) is 22.2 Å². The molecule has 8 heteroatoms. The van der Waals surface area contributed by atoms with Gasteiger partial charge < -0.3 is 9.88 Å². The molecule has 31 heavy (non-hydrogen) atoms. The second kappa shape index (κ2) is 7.59. The summed E-state index contributed by atoms with van der Waals surface area (Å²) in [5.74, 6) is -2.84. The van der Waals surface area contributed by atoms with Crippen molar-refractivity contribution in [1.82, 2.24) is 19.5 Å². The summed E-state index contributed by atoms with van der Waals surface area (Å²) in [6.07, 6.45) is 7.15. The van der Waals surface area contributed by atoms with Gasteiger partial charge in [-0.25, -0.2) is 8.78 Å². The molecule has 1 saturated carbocycles. The van der Waals surface area contributed by atoms with Crippen LogP contribution in [-0.2, 0) is 0 Å². The number of aromatic nitrogens is 3. The molecule has 1 aliphatic heterocycles. The van der Waals surface area contributed by atoms with Crippen LogP contribution in [0, 0.1) is 0 Å². The molecule has 1 N–H and O–H groups in total. The number of amides is 1. The SMILES string of the molecule is O=C(c1cnn2c(=O)cc(-c3ccc(C4CCCCC4)cc3)[nH]c12)N1CCC(F)(F)C1. The van der Waals surface area contributed by atoms with Crippen molar-refractivity contribution in [2.24, 2.45) is 0 Å². The van der Waals surface area contributed by atoms with Crippen LogP contribution in [0.4, 0.5) is 8.78 Å². The zero-order valence-electron chi connectivity index (χ0n) is 17.1. The Morgan fingerprint density at radius 3 is 2.55 bits per heavy atom. The third kappa shape index (κ3) is 3.75. The van der Waals surface area contributed by atoms with E-state index in [-0.39, 0.29) is 29.7 Å². The van der Waals surface area contributed by atoms with Crippen molar-refractivity contribution in [3.63, 3.8) is 0 Å². The summed E-state index contributed by atoms with van der Waals surface area (Å²) < 4.78 is 28.2. The highest BCUT2D eigenvalue weighted by Gasteiger charge is 2.41. The molecule has 0 unspecified atom stereocenters. The summed E-state index contributed by atoms with van der Waals surface area (Å²) in [6.45, 7) is -0.633. The van der Waals surface area contributed by atoms with E-state index in [1.807, 2.05) is 12.1 Å². The highest BCUT2D eigenvalue weighted by molar-refractivity contribution is 6.00. The monoisotopic (exact) mass is 426 g/mol. The lowest BCUT2D eigenvalue weighted by atomic mass is 9.84. The van der Waals surface area contributed by atoms with E-state index in [4.69, 9.17) is 0 Å². The van der Waals surface area contributed by atoms with Gasteiger partial charge in [0.15, 0.2) is 5.65 Å². The molecule has 2 aliphatic rings. The van der Waals surface area contributed by atoms with Crippen LogP contribution in [0.3, 0.4) is 0 Å². The van der Waals surface area contributed by atoms with E-state index in [0.717, 1.165) is 15.0 Å². The zero-order valence-corrected chi connectivity index (χ0v) is 17.1. The molecule has 162 valence electrons. The molecule has 1 saturated heterocycles. The summed E-state index contributed by atoms with van der Waals surface area (Å²) in [4.78, 5) is 29.6. The molecule has 5 rings (SSSR count). The van der Waals surface area contributed by atoms with Gasteiger partial charge in [-0.1, -0.05) is 43.5 Å². The largest absolute Gasteiger partial charge is 0.339 e. The fraction of sp³-hybridized carbons (Fsp3) is 0.435. The molecular weight excluding hydrogens is 402 g/mol. The van der Waals surface area contributed by atoms with Crippen molar-refractivity contribution in [3.05, 3.63) is 58.0 Å². The lowest BCUT2D eigenvalue weighted by Crippen LogP contribution is -2.31. The van der Waals surface area contributed by atoms with Gasteiger partial charge in [0.2, 0.25) is 0 Å². The number of hydrogen-bond acceptors (Lipinski definition) is 3. The maximum Gasteiger partial charge on any atom is 0.274 e. The Hall–Kier alpha value is -3.03. The Morgan fingerprint density at radius 1 is 1.13 bits per heavy atom. The minimum absolute atomic E-state index is 0.0181. The standard InChI is InChI=1S/C23H24F2N4O2/c24-23(25)10-11-28(14-23)22(31)18-13-26-29-20(30)12-19(27-21(18)29)17-8-6-16(7-9-17)15-4-2-1-3-5-15/h6-9,12-13,15,27H,1-5,10-11,14H2. The molecule has 0 bridgehead atoms. The van der Waals surface area contributed by atoms with E-state index < -0.39 is 18.4 Å². The first-order chi connectivity index (χ1) is 14.9. The number of nitrogens with zero attached hydrogens (tertiary/aromatic N) is 3. The number of H-pyrrole nitrogens is 1. The Morgan fingerprint density at radius 2 is 1.87 bits per heavy atom. The molecule has 0 spiro atoms. The maximum atomic E-state index is 13.6. The molecule has 0 atom stereocenters. The van der Waals surface area contributed by atoms with Crippen molar-refractivity contribution < 1.29 is 13.6 Å². The van der Waals surface area contributed by atoms with Gasteiger partial charge >= 0.3 is 0 Å². The average Bonchev–Trinajstić information content (AvgIpc) is 3.37. The van der Waals surface area contributed by atoms with Crippen LogP contribution >= 0.6 is 0 Å². The van der Waals surface area contributed by atoms with Crippen molar-refractivity contribution in [2.75, 3.05) is 13.1 Å². The van der Waals surface area contributed by atoms with E-state index in [1.54, 1.807) is 0 Å². The Bertz CT molecular complexity index is 1180. The lowest BCUT2D eigenvalue weighted by molar-refractivity contribution is 0.0120. The molecule has 1 aromatic carbocycles. The van der Waals surface area contributed by atoms with E-state index in [0.29, 0.717) is 11.6 Å². The van der Waals surface area contributed by atoms with E-state index in [1.165, 1.54) is 49.9 Å². The number of hydrogen-bond donors (Lipinski definition) is 1. The van der Waals surface area contributed by atoms with Gasteiger partial charge in [-0.05, 0) is 29.9 Å². The number of aromatic amines is 1.